The molecule has 0 aromatic carbocycles. The topological polar surface area (TPSA) is 60.9 Å². The van der Waals surface area contributed by atoms with E-state index in [0.717, 1.165) is 25.8 Å². The molecule has 2 aliphatic heterocycles. The summed E-state index contributed by atoms with van der Waals surface area (Å²) < 4.78 is 0. The van der Waals surface area contributed by atoms with E-state index in [4.69, 9.17) is 5.11 Å². The van der Waals surface area contributed by atoms with Crippen LogP contribution in [0.1, 0.15) is 44.9 Å². The van der Waals surface area contributed by atoms with Gasteiger partial charge in [-0.05, 0) is 44.6 Å². The van der Waals surface area contributed by atoms with Gasteiger partial charge in [-0.25, -0.2) is 0 Å². The van der Waals surface area contributed by atoms with Crippen molar-refractivity contribution in [3.8, 4) is 0 Å². The van der Waals surface area contributed by atoms with Gasteiger partial charge in [-0.15, -0.1) is 0 Å². The number of fused-ring (bicyclic) bond motifs is 2. The van der Waals surface area contributed by atoms with Crippen LogP contribution in [-0.4, -0.2) is 59.5 Å². The normalized spacial score (nSPS) is 29.4. The molecule has 0 radical (unpaired) electrons. The Morgan fingerprint density at radius 1 is 1.20 bits per heavy atom. The molecule has 2 aliphatic rings. The molecule has 0 aromatic heterocycles. The molecular weight excluding hydrogens is 256 g/mol. The summed E-state index contributed by atoms with van der Waals surface area (Å²) >= 11 is 0. The van der Waals surface area contributed by atoms with Crippen LogP contribution in [0.3, 0.4) is 0 Å². The zero-order valence-corrected chi connectivity index (χ0v) is 12.5. The van der Waals surface area contributed by atoms with Crippen molar-refractivity contribution >= 4 is 11.9 Å². The molecule has 2 bridgehead atoms. The highest BCUT2D eigenvalue weighted by molar-refractivity contribution is 5.75. The molecule has 2 heterocycles. The zero-order chi connectivity index (χ0) is 14.7. The molecule has 114 valence electrons. The van der Waals surface area contributed by atoms with Crippen LogP contribution in [0.2, 0.25) is 0 Å². The fourth-order valence-electron chi connectivity index (χ4n) is 3.80. The first-order valence-corrected chi connectivity index (χ1v) is 7.65. The molecule has 1 amide bonds. The third kappa shape index (κ3) is 3.72. The van der Waals surface area contributed by atoms with Crippen LogP contribution in [0, 0.1) is 5.92 Å². The Morgan fingerprint density at radius 3 is 2.30 bits per heavy atom. The van der Waals surface area contributed by atoms with E-state index in [1.54, 1.807) is 19.0 Å². The molecule has 20 heavy (non-hydrogen) atoms. The largest absolute Gasteiger partial charge is 0.481 e. The maximum atomic E-state index is 11.6. The Kier molecular flexibility index (Phi) is 5.02. The number of rotatable bonds is 6. The minimum Gasteiger partial charge on any atom is -0.481 e. The van der Waals surface area contributed by atoms with Crippen molar-refractivity contribution in [3.05, 3.63) is 0 Å². The summed E-state index contributed by atoms with van der Waals surface area (Å²) in [7, 11) is 3.59. The number of amides is 1. The second-order valence-corrected chi connectivity index (χ2v) is 6.45. The van der Waals surface area contributed by atoms with Gasteiger partial charge < -0.3 is 10.0 Å². The number of aliphatic carboxylic acids is 1. The number of piperidine rings is 1. The summed E-state index contributed by atoms with van der Waals surface area (Å²) in [6.45, 7) is 0.981. The number of carboxylic acids is 1. The molecule has 2 fully saturated rings. The smallest absolute Gasteiger partial charge is 0.303 e. The average molecular weight is 282 g/mol. The highest BCUT2D eigenvalue weighted by atomic mass is 16.4. The van der Waals surface area contributed by atoms with Crippen LogP contribution >= 0.6 is 0 Å². The quantitative estimate of drug-likeness (QED) is 0.803. The highest BCUT2D eigenvalue weighted by Crippen LogP contribution is 2.39. The molecule has 2 rings (SSSR count). The van der Waals surface area contributed by atoms with Crippen molar-refractivity contribution in [2.45, 2.75) is 57.0 Å². The summed E-state index contributed by atoms with van der Waals surface area (Å²) in [6.07, 6.45) is 6.27. The predicted octanol–water partition coefficient (Wildman–Crippen LogP) is 1.57. The minimum absolute atomic E-state index is 0.193. The zero-order valence-electron chi connectivity index (χ0n) is 12.5. The molecule has 5 heteroatoms. The van der Waals surface area contributed by atoms with Crippen LogP contribution < -0.4 is 0 Å². The Morgan fingerprint density at radius 2 is 1.80 bits per heavy atom. The second-order valence-electron chi connectivity index (χ2n) is 6.45. The van der Waals surface area contributed by atoms with Crippen molar-refractivity contribution in [3.63, 3.8) is 0 Å². The number of hydrogen-bond donors (Lipinski definition) is 1. The lowest BCUT2D eigenvalue weighted by Crippen LogP contribution is -2.43. The molecule has 0 aliphatic carbocycles. The Balaban J connectivity index is 1.78. The summed E-state index contributed by atoms with van der Waals surface area (Å²) in [6, 6.07) is 1.10. The molecule has 2 saturated heterocycles. The monoisotopic (exact) mass is 282 g/mol. The third-order valence-corrected chi connectivity index (χ3v) is 4.75. The van der Waals surface area contributed by atoms with Gasteiger partial charge in [0.05, 0.1) is 0 Å². The summed E-state index contributed by atoms with van der Waals surface area (Å²) in [5.74, 6) is -0.123. The number of hydrogen-bond acceptors (Lipinski definition) is 3. The lowest BCUT2D eigenvalue weighted by molar-refractivity contribution is -0.138. The van der Waals surface area contributed by atoms with Gasteiger partial charge in [0, 0.05) is 39.0 Å². The summed E-state index contributed by atoms with van der Waals surface area (Å²) in [5.41, 5.74) is 0. The third-order valence-electron chi connectivity index (χ3n) is 4.75. The average Bonchev–Trinajstić information content (AvgIpc) is 2.60. The van der Waals surface area contributed by atoms with E-state index in [9.17, 15) is 9.59 Å². The van der Waals surface area contributed by atoms with E-state index < -0.39 is 5.97 Å². The molecule has 0 saturated carbocycles. The number of carbonyl (C=O) groups excluding carboxylic acids is 1. The van der Waals surface area contributed by atoms with Crippen molar-refractivity contribution in [1.82, 2.24) is 9.80 Å². The SMILES string of the molecule is CN(C)C(=O)CCCN1C2CCC1CC(CC(=O)O)C2. The number of carboxylic acid groups (broad SMARTS) is 1. The molecule has 1 N–H and O–H groups in total. The van der Waals surface area contributed by atoms with Crippen molar-refractivity contribution in [1.29, 1.82) is 0 Å². The summed E-state index contributed by atoms with van der Waals surface area (Å²) in [5, 5.41) is 8.92. The molecule has 0 spiro atoms. The van der Waals surface area contributed by atoms with E-state index >= 15 is 0 Å². The first-order chi connectivity index (χ1) is 9.47. The van der Waals surface area contributed by atoms with Crippen LogP contribution in [0.15, 0.2) is 0 Å². The van der Waals surface area contributed by atoms with E-state index in [0.29, 0.717) is 30.8 Å². The number of nitrogens with zero attached hydrogens (tertiary/aromatic N) is 2. The Hall–Kier alpha value is -1.10. The molecule has 2 unspecified atom stereocenters. The lowest BCUT2D eigenvalue weighted by Gasteiger charge is -2.38. The van der Waals surface area contributed by atoms with Gasteiger partial charge >= 0.3 is 5.97 Å². The van der Waals surface area contributed by atoms with Gasteiger partial charge in [0.15, 0.2) is 0 Å². The molecule has 0 aromatic rings. The van der Waals surface area contributed by atoms with E-state index in [-0.39, 0.29) is 5.91 Å². The van der Waals surface area contributed by atoms with Crippen molar-refractivity contribution in [2.75, 3.05) is 20.6 Å². The van der Waals surface area contributed by atoms with Gasteiger partial charge in [-0.3, -0.25) is 14.5 Å². The van der Waals surface area contributed by atoms with Crippen molar-refractivity contribution < 1.29 is 14.7 Å². The van der Waals surface area contributed by atoms with Crippen LogP contribution in [0.4, 0.5) is 0 Å². The summed E-state index contributed by atoms with van der Waals surface area (Å²) in [4.78, 5) is 26.6. The van der Waals surface area contributed by atoms with E-state index in [2.05, 4.69) is 4.90 Å². The Bertz CT molecular complexity index is 356. The fraction of sp³-hybridized carbons (Fsp3) is 0.867. The fourth-order valence-corrected chi connectivity index (χ4v) is 3.80. The van der Waals surface area contributed by atoms with Gasteiger partial charge in [0.2, 0.25) is 5.91 Å². The second kappa shape index (κ2) is 6.57. The maximum Gasteiger partial charge on any atom is 0.303 e. The van der Waals surface area contributed by atoms with Gasteiger partial charge in [0.1, 0.15) is 0 Å². The van der Waals surface area contributed by atoms with Crippen LogP contribution in [0.5, 0.6) is 0 Å². The van der Waals surface area contributed by atoms with Gasteiger partial charge in [-0.1, -0.05) is 0 Å². The Labute approximate surface area is 120 Å². The molecule has 2 atom stereocenters. The van der Waals surface area contributed by atoms with Crippen LogP contribution in [0.25, 0.3) is 0 Å². The maximum absolute atomic E-state index is 11.6. The van der Waals surface area contributed by atoms with E-state index in [1.807, 2.05) is 0 Å². The predicted molar refractivity (Wildman–Crippen MR) is 76.4 cm³/mol. The highest BCUT2D eigenvalue weighted by Gasteiger charge is 2.40. The van der Waals surface area contributed by atoms with E-state index in [1.165, 1.54) is 12.8 Å². The van der Waals surface area contributed by atoms with Gasteiger partial charge in [0.25, 0.3) is 0 Å². The minimum atomic E-state index is -0.667. The standard InChI is InChI=1S/C15H26N2O3/c1-16(2)14(18)4-3-7-17-12-5-6-13(17)9-11(8-12)10-15(19)20/h11-13H,3-10H2,1-2H3,(H,19,20). The first-order valence-electron chi connectivity index (χ1n) is 7.65. The first kappa shape index (κ1) is 15.3. The number of carbonyl (C=O) groups is 2. The van der Waals surface area contributed by atoms with Crippen LogP contribution in [-0.2, 0) is 9.59 Å². The molecule has 5 nitrogen and oxygen atoms in total. The van der Waals surface area contributed by atoms with Gasteiger partial charge in [-0.2, -0.15) is 0 Å². The van der Waals surface area contributed by atoms with Crippen molar-refractivity contribution in [2.24, 2.45) is 5.92 Å². The lowest BCUT2D eigenvalue weighted by atomic mass is 9.88. The molecular formula is C15H26N2O3.